The number of benzene rings is 4. The van der Waals surface area contributed by atoms with Crippen LogP contribution in [0.4, 0.5) is 5.69 Å². The highest BCUT2D eigenvalue weighted by atomic mass is 79.9. The van der Waals surface area contributed by atoms with Gasteiger partial charge in [-0.25, -0.2) is 8.42 Å². The number of nitrogens with one attached hydrogen (secondary N) is 1. The number of hydrogen-bond donors (Lipinski definition) is 1. The average Bonchev–Trinajstić information content (AvgIpc) is 3.03. The third-order valence-electron chi connectivity index (χ3n) is 7.26. The van der Waals surface area contributed by atoms with Crippen LogP contribution < -0.4 is 9.62 Å². The largest absolute Gasteiger partial charge is 0.352 e. The number of anilines is 1. The molecular weight excluding hydrogens is 706 g/mol. The van der Waals surface area contributed by atoms with E-state index >= 15 is 0 Å². The number of sulfonamides is 1. The summed E-state index contributed by atoms with van der Waals surface area (Å²) in [6.07, 6.45) is 0.978. The fraction of sp³-hybridized carbons (Fsp3) is 0.235. The molecule has 0 fully saturated rings. The Labute approximate surface area is 276 Å². The van der Waals surface area contributed by atoms with Gasteiger partial charge >= 0.3 is 0 Å². The molecule has 1 N–H and O–H groups in total. The van der Waals surface area contributed by atoms with E-state index in [1.54, 1.807) is 42.5 Å². The van der Waals surface area contributed by atoms with Crippen LogP contribution >= 0.6 is 31.9 Å². The van der Waals surface area contributed by atoms with Crippen molar-refractivity contribution >= 4 is 59.4 Å². The van der Waals surface area contributed by atoms with Gasteiger partial charge in [0.05, 0.1) is 10.6 Å². The predicted molar refractivity (Wildman–Crippen MR) is 182 cm³/mol. The summed E-state index contributed by atoms with van der Waals surface area (Å²) >= 11 is 6.87. The van der Waals surface area contributed by atoms with E-state index in [1.807, 2.05) is 68.4 Å². The highest BCUT2D eigenvalue weighted by Crippen LogP contribution is 2.26. The Balaban J connectivity index is 1.79. The van der Waals surface area contributed by atoms with Crippen LogP contribution in [0.15, 0.2) is 123 Å². The molecule has 4 aromatic carbocycles. The molecular formula is C34H35Br2N3O4S. The lowest BCUT2D eigenvalue weighted by Crippen LogP contribution is -2.54. The van der Waals surface area contributed by atoms with E-state index in [4.69, 9.17) is 0 Å². The summed E-state index contributed by atoms with van der Waals surface area (Å²) in [6.45, 7) is 3.50. The molecule has 0 radical (unpaired) electrons. The number of carbonyl (C=O) groups is 2. The predicted octanol–water partition coefficient (Wildman–Crippen LogP) is 6.96. The van der Waals surface area contributed by atoms with E-state index in [1.165, 1.54) is 17.0 Å². The van der Waals surface area contributed by atoms with Crippen LogP contribution in [-0.2, 0) is 32.6 Å². The van der Waals surface area contributed by atoms with Crippen LogP contribution in [-0.4, -0.2) is 43.8 Å². The Morgan fingerprint density at radius 3 is 1.89 bits per heavy atom. The minimum Gasteiger partial charge on any atom is -0.352 e. The van der Waals surface area contributed by atoms with Crippen LogP contribution in [0.1, 0.15) is 31.4 Å². The number of rotatable bonds is 13. The Hall–Kier alpha value is -3.47. The Bertz CT molecular complexity index is 1640. The Morgan fingerprint density at radius 1 is 0.773 bits per heavy atom. The molecule has 0 spiro atoms. The number of amides is 2. The third kappa shape index (κ3) is 8.80. The van der Waals surface area contributed by atoms with Crippen LogP contribution in [0.5, 0.6) is 0 Å². The summed E-state index contributed by atoms with van der Waals surface area (Å²) in [5, 5.41) is 3.05. The van der Waals surface area contributed by atoms with Gasteiger partial charge in [0, 0.05) is 28.0 Å². The number of carbonyl (C=O) groups excluding carboxylic acids is 2. The van der Waals surface area contributed by atoms with Crippen molar-refractivity contribution in [2.24, 2.45) is 0 Å². The summed E-state index contributed by atoms with van der Waals surface area (Å²) in [6, 6.07) is 30.8. The molecule has 0 aromatic heterocycles. The van der Waals surface area contributed by atoms with Crippen molar-refractivity contribution in [3.63, 3.8) is 0 Å². The highest BCUT2D eigenvalue weighted by Gasteiger charge is 2.35. The quantitative estimate of drug-likeness (QED) is 0.161. The molecule has 2 amide bonds. The summed E-state index contributed by atoms with van der Waals surface area (Å²) in [5.41, 5.74) is 2.02. The van der Waals surface area contributed by atoms with Crippen LogP contribution in [0.2, 0.25) is 0 Å². The van der Waals surface area contributed by atoms with Gasteiger partial charge in [0.2, 0.25) is 11.8 Å². The topological polar surface area (TPSA) is 86.8 Å². The van der Waals surface area contributed by atoms with E-state index in [2.05, 4.69) is 37.2 Å². The maximum Gasteiger partial charge on any atom is 0.264 e. The van der Waals surface area contributed by atoms with Crippen molar-refractivity contribution in [2.75, 3.05) is 10.8 Å². The summed E-state index contributed by atoms with van der Waals surface area (Å²) in [4.78, 5) is 29.9. The molecule has 7 nitrogen and oxygen atoms in total. The van der Waals surface area contributed by atoms with E-state index in [-0.39, 0.29) is 29.8 Å². The maximum absolute atomic E-state index is 14.5. The molecule has 0 unspecified atom stereocenters. The zero-order valence-corrected chi connectivity index (χ0v) is 28.6. The van der Waals surface area contributed by atoms with Crippen LogP contribution in [0, 0.1) is 0 Å². The molecule has 0 saturated heterocycles. The van der Waals surface area contributed by atoms with Gasteiger partial charge in [0.15, 0.2) is 0 Å². The second-order valence-electron chi connectivity index (χ2n) is 10.5. The summed E-state index contributed by atoms with van der Waals surface area (Å²) in [7, 11) is -4.14. The molecule has 0 bridgehead atoms. The molecule has 0 aliphatic heterocycles. The maximum atomic E-state index is 14.5. The third-order valence-corrected chi connectivity index (χ3v) is 10.1. The molecule has 44 heavy (non-hydrogen) atoms. The molecule has 0 aliphatic carbocycles. The lowest BCUT2D eigenvalue weighted by atomic mass is 10.0. The molecule has 0 heterocycles. The minimum absolute atomic E-state index is 0.0607. The van der Waals surface area contributed by atoms with Crippen molar-refractivity contribution in [3.05, 3.63) is 129 Å². The average molecular weight is 742 g/mol. The van der Waals surface area contributed by atoms with E-state index in [0.717, 1.165) is 30.8 Å². The SMILES string of the molecule is CC[C@@H](C)NC(=O)[C@@H](Cc1ccccc1)N(Cc1ccc(Br)cc1)C(=O)CN(c1ccc(Br)cc1)S(=O)(=O)c1ccccc1. The smallest absolute Gasteiger partial charge is 0.264 e. The second-order valence-corrected chi connectivity index (χ2v) is 14.2. The van der Waals surface area contributed by atoms with E-state index in [9.17, 15) is 18.0 Å². The highest BCUT2D eigenvalue weighted by molar-refractivity contribution is 9.10. The van der Waals surface area contributed by atoms with Crippen molar-refractivity contribution in [1.82, 2.24) is 10.2 Å². The first kappa shape index (κ1) is 33.4. The van der Waals surface area contributed by atoms with Gasteiger partial charge in [-0.05, 0) is 73.0 Å². The van der Waals surface area contributed by atoms with Gasteiger partial charge < -0.3 is 10.2 Å². The normalized spacial score (nSPS) is 12.6. The fourth-order valence-electron chi connectivity index (χ4n) is 4.64. The monoisotopic (exact) mass is 739 g/mol. The lowest BCUT2D eigenvalue weighted by Gasteiger charge is -2.34. The molecule has 4 aromatic rings. The number of halogens is 2. The zero-order valence-electron chi connectivity index (χ0n) is 24.6. The van der Waals surface area contributed by atoms with E-state index < -0.39 is 28.5 Å². The van der Waals surface area contributed by atoms with Crippen molar-refractivity contribution in [2.45, 2.75) is 50.2 Å². The first-order valence-electron chi connectivity index (χ1n) is 14.3. The standard InChI is InChI=1S/C34H35Br2N3O4S/c1-3-25(2)37-34(41)32(22-26-10-6-4-7-11-26)38(23-27-14-16-28(35)17-15-27)33(40)24-39(30-20-18-29(36)19-21-30)44(42,43)31-12-8-5-9-13-31/h4-21,25,32H,3,22-24H2,1-2H3,(H,37,41)/t25-,32-/m1/s1. The van der Waals surface area contributed by atoms with Crippen LogP contribution in [0.3, 0.4) is 0 Å². The van der Waals surface area contributed by atoms with Gasteiger partial charge in [-0.1, -0.05) is 99.4 Å². The summed E-state index contributed by atoms with van der Waals surface area (Å²) in [5.74, 6) is -0.801. The van der Waals surface area contributed by atoms with Crippen molar-refractivity contribution in [3.8, 4) is 0 Å². The minimum atomic E-state index is -4.14. The number of nitrogens with zero attached hydrogens (tertiary/aromatic N) is 2. The first-order chi connectivity index (χ1) is 21.1. The van der Waals surface area contributed by atoms with Gasteiger partial charge in [0.25, 0.3) is 10.0 Å². The Morgan fingerprint density at radius 2 is 1.32 bits per heavy atom. The van der Waals surface area contributed by atoms with Gasteiger partial charge in [-0.15, -0.1) is 0 Å². The van der Waals surface area contributed by atoms with E-state index in [0.29, 0.717) is 5.69 Å². The van der Waals surface area contributed by atoms with Crippen LogP contribution in [0.25, 0.3) is 0 Å². The molecule has 2 atom stereocenters. The number of hydrogen-bond acceptors (Lipinski definition) is 4. The Kier molecular flexibility index (Phi) is 11.8. The molecule has 0 saturated carbocycles. The molecule has 10 heteroatoms. The van der Waals surface area contributed by atoms with Crippen molar-refractivity contribution in [1.29, 1.82) is 0 Å². The van der Waals surface area contributed by atoms with Gasteiger partial charge in [-0.2, -0.15) is 0 Å². The molecule has 230 valence electrons. The first-order valence-corrected chi connectivity index (χ1v) is 17.3. The van der Waals surface area contributed by atoms with Crippen molar-refractivity contribution < 1.29 is 18.0 Å². The summed E-state index contributed by atoms with van der Waals surface area (Å²) < 4.78 is 30.8. The van der Waals surface area contributed by atoms with Gasteiger partial charge in [0.1, 0.15) is 12.6 Å². The molecule has 4 rings (SSSR count). The fourth-order valence-corrected chi connectivity index (χ4v) is 6.60. The van der Waals surface area contributed by atoms with Gasteiger partial charge in [-0.3, -0.25) is 13.9 Å². The second kappa shape index (κ2) is 15.5. The zero-order chi connectivity index (χ0) is 31.7. The lowest BCUT2D eigenvalue weighted by molar-refractivity contribution is -0.140. The molecule has 0 aliphatic rings.